The van der Waals surface area contributed by atoms with Gasteiger partial charge in [0.05, 0.1) is 33.3 Å². The summed E-state index contributed by atoms with van der Waals surface area (Å²) >= 11 is 0. The Labute approximate surface area is 336 Å². The number of allylic oxidation sites excluding steroid dienone is 4. The number of aromatic nitrogens is 4. The van der Waals surface area contributed by atoms with Gasteiger partial charge in [-0.2, -0.15) is 0 Å². The van der Waals surface area contributed by atoms with Crippen LogP contribution >= 0.6 is 0 Å². The Kier molecular flexibility index (Phi) is 7.90. The highest BCUT2D eigenvalue weighted by atomic mass is 15.2. The molecule has 0 atom stereocenters. The van der Waals surface area contributed by atoms with E-state index in [1.165, 1.54) is 65.6 Å². The van der Waals surface area contributed by atoms with E-state index in [1.807, 2.05) is 0 Å². The Balaban J connectivity index is 1.05. The molecule has 0 aliphatic rings. The Morgan fingerprint density at radius 1 is 0.414 bits per heavy atom. The monoisotopic (exact) mass is 742 g/mol. The lowest BCUT2D eigenvalue weighted by Crippen LogP contribution is -2.04. The summed E-state index contributed by atoms with van der Waals surface area (Å²) in [4.78, 5) is 10.6. The summed E-state index contributed by atoms with van der Waals surface area (Å²) in [6.45, 7) is 4.33. The number of fused-ring (bicyclic) bond motifs is 8. The van der Waals surface area contributed by atoms with Crippen molar-refractivity contribution < 1.29 is 0 Å². The average molecular weight is 743 g/mol. The normalized spacial score (nSPS) is 12.5. The van der Waals surface area contributed by atoms with Crippen LogP contribution in [0.3, 0.4) is 0 Å². The van der Waals surface area contributed by atoms with Gasteiger partial charge in [-0.15, -0.1) is 0 Å². The van der Waals surface area contributed by atoms with Crippen molar-refractivity contribution in [1.29, 1.82) is 0 Å². The molecular weight excluding hydrogens is 705 g/mol. The molecule has 0 aliphatic carbocycles. The minimum Gasteiger partial charge on any atom is -0.309 e. The summed E-state index contributed by atoms with van der Waals surface area (Å²) in [7, 11) is 0. The molecule has 0 bridgehead atoms. The lowest BCUT2D eigenvalue weighted by Gasteiger charge is -2.12. The van der Waals surface area contributed by atoms with Crippen molar-refractivity contribution in [2.75, 3.05) is 0 Å². The third-order valence-corrected chi connectivity index (χ3v) is 11.7. The van der Waals surface area contributed by atoms with Crippen LogP contribution < -0.4 is 0 Å². The first-order valence-electron chi connectivity index (χ1n) is 19.8. The van der Waals surface area contributed by atoms with Gasteiger partial charge in [-0.1, -0.05) is 140 Å². The minimum atomic E-state index is 0.658. The van der Waals surface area contributed by atoms with Gasteiger partial charge in [0.1, 0.15) is 0 Å². The first-order chi connectivity index (χ1) is 28.6. The van der Waals surface area contributed by atoms with Gasteiger partial charge in [-0.05, 0) is 107 Å². The van der Waals surface area contributed by atoms with Crippen LogP contribution in [0.15, 0.2) is 194 Å². The molecule has 274 valence electrons. The zero-order chi connectivity index (χ0) is 38.7. The fraction of sp³-hybridized carbons (Fsp3) is 0.0370. The summed E-state index contributed by atoms with van der Waals surface area (Å²) < 4.78 is 4.59. The summed E-state index contributed by atoms with van der Waals surface area (Å²) in [6, 6.07) is 65.0. The third kappa shape index (κ3) is 5.45. The summed E-state index contributed by atoms with van der Waals surface area (Å²) in [6.07, 6.45) is 4.41. The predicted octanol–water partition coefficient (Wildman–Crippen LogP) is 14.2. The lowest BCUT2D eigenvalue weighted by atomic mass is 9.98. The number of rotatable bonds is 6. The second-order valence-electron chi connectivity index (χ2n) is 15.1. The molecule has 0 saturated heterocycles. The van der Waals surface area contributed by atoms with Gasteiger partial charge in [0.2, 0.25) is 5.95 Å². The van der Waals surface area contributed by atoms with E-state index in [9.17, 15) is 0 Å². The maximum atomic E-state index is 5.37. The topological polar surface area (TPSA) is 35.6 Å². The quantitative estimate of drug-likeness (QED) is 0.159. The van der Waals surface area contributed by atoms with Crippen LogP contribution in [0.25, 0.3) is 99.2 Å². The summed E-state index contributed by atoms with van der Waals surface area (Å²) in [5.74, 6) is 0.658. The van der Waals surface area contributed by atoms with Gasteiger partial charge >= 0.3 is 0 Å². The van der Waals surface area contributed by atoms with Crippen molar-refractivity contribution >= 4 is 76.4 Å². The molecule has 11 aromatic rings. The summed E-state index contributed by atoms with van der Waals surface area (Å²) in [5.41, 5.74) is 13.4. The van der Waals surface area contributed by atoms with Gasteiger partial charge in [0.15, 0.2) is 0 Å². The third-order valence-electron chi connectivity index (χ3n) is 11.7. The summed E-state index contributed by atoms with van der Waals surface area (Å²) in [5, 5.41) is 8.34. The highest BCUT2D eigenvalue weighted by Gasteiger charge is 2.19. The van der Waals surface area contributed by atoms with Crippen LogP contribution in [0.4, 0.5) is 0 Å². The zero-order valence-electron chi connectivity index (χ0n) is 32.3. The molecule has 11 rings (SSSR count). The molecule has 0 amide bonds. The van der Waals surface area contributed by atoms with Crippen LogP contribution in [-0.2, 0) is 0 Å². The second kappa shape index (κ2) is 13.6. The van der Waals surface area contributed by atoms with Gasteiger partial charge in [0.25, 0.3) is 0 Å². The smallest absolute Gasteiger partial charge is 0.235 e. The Hall–Kier alpha value is -7.56. The molecule has 0 fully saturated rings. The molecule has 3 heterocycles. The number of nitrogens with zero attached hydrogens (tertiary/aromatic N) is 4. The first-order valence-corrected chi connectivity index (χ1v) is 19.8. The molecule has 58 heavy (non-hydrogen) atoms. The Bertz CT molecular complexity index is 3470. The van der Waals surface area contributed by atoms with Crippen molar-refractivity contribution in [3.05, 3.63) is 205 Å². The van der Waals surface area contributed by atoms with Crippen molar-refractivity contribution in [2.24, 2.45) is 0 Å². The molecule has 0 spiro atoms. The Morgan fingerprint density at radius 2 is 0.948 bits per heavy atom. The van der Waals surface area contributed by atoms with Crippen LogP contribution in [0.1, 0.15) is 25.1 Å². The average Bonchev–Trinajstić information content (AvgIpc) is 3.80. The van der Waals surface area contributed by atoms with Crippen LogP contribution in [0, 0.1) is 0 Å². The molecule has 0 N–H and O–H groups in total. The number of hydrogen-bond acceptors (Lipinski definition) is 2. The Morgan fingerprint density at radius 3 is 1.67 bits per heavy atom. The predicted molar refractivity (Wildman–Crippen MR) is 245 cm³/mol. The van der Waals surface area contributed by atoms with E-state index in [4.69, 9.17) is 9.97 Å². The largest absolute Gasteiger partial charge is 0.309 e. The van der Waals surface area contributed by atoms with E-state index in [0.29, 0.717) is 5.95 Å². The van der Waals surface area contributed by atoms with Gasteiger partial charge < -0.3 is 4.57 Å². The maximum Gasteiger partial charge on any atom is 0.235 e. The van der Waals surface area contributed by atoms with Crippen molar-refractivity contribution in [1.82, 2.24) is 19.1 Å². The fourth-order valence-electron chi connectivity index (χ4n) is 8.83. The van der Waals surface area contributed by atoms with E-state index in [2.05, 4.69) is 217 Å². The molecule has 8 aromatic carbocycles. The van der Waals surface area contributed by atoms with Gasteiger partial charge in [-0.3, -0.25) is 4.57 Å². The molecule has 4 heteroatoms. The van der Waals surface area contributed by atoms with E-state index >= 15 is 0 Å². The van der Waals surface area contributed by atoms with Crippen LogP contribution in [-0.4, -0.2) is 19.1 Å². The molecular formula is C54H38N4. The second-order valence-corrected chi connectivity index (χ2v) is 15.1. The number of benzene rings is 8. The highest BCUT2D eigenvalue weighted by Crippen LogP contribution is 2.38. The molecule has 0 unspecified atom stereocenters. The van der Waals surface area contributed by atoms with Gasteiger partial charge in [0, 0.05) is 32.6 Å². The van der Waals surface area contributed by atoms with E-state index in [1.54, 1.807) is 0 Å². The van der Waals surface area contributed by atoms with E-state index < -0.39 is 0 Å². The SMILES string of the molecule is C/C(=C\C=C(/C)c1nc(-n2c3ccccc3c3cc(-c4ccc5c(c4)c4ccccc4n5-c4ccccc4)ccc32)nc2ccccc12)c1cccc2ccccc12. The minimum absolute atomic E-state index is 0.658. The number of para-hydroxylation sites is 4. The van der Waals surface area contributed by atoms with Crippen molar-refractivity contribution in [3.8, 4) is 22.8 Å². The van der Waals surface area contributed by atoms with Crippen molar-refractivity contribution in [3.63, 3.8) is 0 Å². The lowest BCUT2D eigenvalue weighted by molar-refractivity contribution is 1.00. The maximum absolute atomic E-state index is 5.37. The van der Waals surface area contributed by atoms with Gasteiger partial charge in [-0.25, -0.2) is 9.97 Å². The van der Waals surface area contributed by atoms with Crippen molar-refractivity contribution in [2.45, 2.75) is 13.8 Å². The van der Waals surface area contributed by atoms with Crippen LogP contribution in [0.5, 0.6) is 0 Å². The molecule has 4 nitrogen and oxygen atoms in total. The zero-order valence-corrected chi connectivity index (χ0v) is 32.3. The van der Waals surface area contributed by atoms with Crippen LogP contribution in [0.2, 0.25) is 0 Å². The molecule has 0 aliphatic heterocycles. The van der Waals surface area contributed by atoms with E-state index in [0.717, 1.165) is 38.9 Å². The highest BCUT2D eigenvalue weighted by molar-refractivity contribution is 6.12. The molecule has 0 saturated carbocycles. The van der Waals surface area contributed by atoms with E-state index in [-0.39, 0.29) is 0 Å². The fourth-order valence-corrected chi connectivity index (χ4v) is 8.83. The molecule has 3 aromatic heterocycles. The molecule has 0 radical (unpaired) electrons. The first kappa shape index (κ1) is 33.8. The standard InChI is InChI=1S/C54H38N4/c1-35(41-23-14-16-37-15-6-7-19-42(37)41)27-28-36(2)53-45-22-8-11-24-48(45)55-54(56-53)58-50-26-13-10-21-44(50)47-34-39(30-32-52(47)58)38-29-31-51-46(33-38)43-20-9-12-25-49(43)57(51)40-17-4-3-5-18-40/h3-34H,1-2H3/b35-27+,36-28+. The number of hydrogen-bond donors (Lipinski definition) is 0.